The van der Waals surface area contributed by atoms with Gasteiger partial charge in [-0.25, -0.2) is 9.97 Å². The van der Waals surface area contributed by atoms with Gasteiger partial charge in [0.15, 0.2) is 5.65 Å². The third kappa shape index (κ3) is 3.85. The highest BCUT2D eigenvalue weighted by Gasteiger charge is 2.19. The van der Waals surface area contributed by atoms with E-state index < -0.39 is 0 Å². The topological polar surface area (TPSA) is 83.8 Å². The van der Waals surface area contributed by atoms with Crippen LogP contribution in [0.4, 0.5) is 0 Å². The smallest absolute Gasteiger partial charge is 0.219 e. The quantitative estimate of drug-likeness (QED) is 0.398. The second-order valence-corrected chi connectivity index (χ2v) is 7.70. The van der Waals surface area contributed by atoms with Crippen LogP contribution in [0.5, 0.6) is 11.6 Å². The van der Waals surface area contributed by atoms with Crippen LogP contribution in [0.15, 0.2) is 77.5 Å². The average Bonchev–Trinajstić information content (AvgIpc) is 3.37. The molecule has 3 aromatic heterocycles. The zero-order chi connectivity index (χ0) is 21.4. The number of hydrogen-bond donors (Lipinski definition) is 2. The zero-order valence-electron chi connectivity index (χ0n) is 16.4. The maximum Gasteiger partial charge on any atom is 0.219 e. The Bertz CT molecular complexity index is 1340. The van der Waals surface area contributed by atoms with Gasteiger partial charge in [0, 0.05) is 23.2 Å². The van der Waals surface area contributed by atoms with Crippen molar-refractivity contribution in [3.63, 3.8) is 0 Å². The third-order valence-electron chi connectivity index (χ3n) is 5.03. The van der Waals surface area contributed by atoms with Crippen LogP contribution in [0.3, 0.4) is 0 Å². The van der Waals surface area contributed by atoms with Gasteiger partial charge in [-0.1, -0.05) is 41.9 Å². The SMILES string of the molecule is Oc1cc(Cl)cc(-c2cn3c(O)c(Cc4ccco4)nc3c(Cc3ccccc3)n2)c1. The molecule has 7 heteroatoms. The Balaban J connectivity index is 1.68. The standard InChI is InChI=1S/C24H18ClN3O3/c25-17-10-16(11-18(29)12-17)22-14-28-23(20(26-22)9-15-5-2-1-3-6-15)27-21(24(28)30)13-19-7-4-8-31-19/h1-8,10-12,14,29-30H,9,13H2. The second-order valence-electron chi connectivity index (χ2n) is 7.27. The molecule has 0 fully saturated rings. The summed E-state index contributed by atoms with van der Waals surface area (Å²) >= 11 is 6.14. The van der Waals surface area contributed by atoms with Gasteiger partial charge in [-0.3, -0.25) is 4.40 Å². The monoisotopic (exact) mass is 431 g/mol. The molecular formula is C24H18ClN3O3. The Morgan fingerprint density at radius 2 is 1.74 bits per heavy atom. The van der Waals surface area contributed by atoms with Crippen LogP contribution in [0.1, 0.15) is 22.7 Å². The van der Waals surface area contributed by atoms with Gasteiger partial charge in [0.1, 0.15) is 17.2 Å². The molecule has 0 spiro atoms. The van der Waals surface area contributed by atoms with E-state index in [1.807, 2.05) is 36.4 Å². The highest BCUT2D eigenvalue weighted by atomic mass is 35.5. The summed E-state index contributed by atoms with van der Waals surface area (Å²) in [6.45, 7) is 0. The van der Waals surface area contributed by atoms with E-state index in [0.717, 1.165) is 5.56 Å². The first-order chi connectivity index (χ1) is 15.1. The fourth-order valence-corrected chi connectivity index (χ4v) is 3.84. The number of aromatic nitrogens is 3. The molecule has 0 radical (unpaired) electrons. The molecule has 5 rings (SSSR count). The molecule has 31 heavy (non-hydrogen) atoms. The fraction of sp³-hybridized carbons (Fsp3) is 0.0833. The Morgan fingerprint density at radius 3 is 2.48 bits per heavy atom. The Morgan fingerprint density at radius 1 is 0.903 bits per heavy atom. The highest BCUT2D eigenvalue weighted by molar-refractivity contribution is 6.31. The highest BCUT2D eigenvalue weighted by Crippen LogP contribution is 2.31. The largest absolute Gasteiger partial charge is 0.508 e. The van der Waals surface area contributed by atoms with E-state index in [0.29, 0.717) is 51.9 Å². The molecule has 0 saturated carbocycles. The number of benzene rings is 2. The van der Waals surface area contributed by atoms with Crippen LogP contribution in [-0.2, 0) is 12.8 Å². The Labute approximate surface area is 183 Å². The van der Waals surface area contributed by atoms with E-state index in [1.54, 1.807) is 35.1 Å². The van der Waals surface area contributed by atoms with Gasteiger partial charge in [-0.2, -0.15) is 0 Å². The van der Waals surface area contributed by atoms with Gasteiger partial charge in [0.2, 0.25) is 5.88 Å². The van der Waals surface area contributed by atoms with Gasteiger partial charge < -0.3 is 14.6 Å². The van der Waals surface area contributed by atoms with Crippen LogP contribution >= 0.6 is 11.6 Å². The summed E-state index contributed by atoms with van der Waals surface area (Å²) in [4.78, 5) is 9.48. The summed E-state index contributed by atoms with van der Waals surface area (Å²) in [5, 5.41) is 21.3. The molecule has 0 aliphatic rings. The third-order valence-corrected chi connectivity index (χ3v) is 5.25. The lowest BCUT2D eigenvalue weighted by molar-refractivity contribution is 0.438. The molecule has 2 aromatic carbocycles. The number of furan rings is 1. The molecule has 5 aromatic rings. The van der Waals surface area contributed by atoms with Crippen molar-refractivity contribution in [1.82, 2.24) is 14.4 Å². The van der Waals surface area contributed by atoms with Gasteiger partial charge in [0.25, 0.3) is 0 Å². The van der Waals surface area contributed by atoms with E-state index >= 15 is 0 Å². The summed E-state index contributed by atoms with van der Waals surface area (Å²) in [6, 6.07) is 18.3. The minimum absolute atomic E-state index is 0.0237. The van der Waals surface area contributed by atoms with Gasteiger partial charge in [0.05, 0.1) is 24.1 Å². The summed E-state index contributed by atoms with van der Waals surface area (Å²) in [6.07, 6.45) is 4.18. The van der Waals surface area contributed by atoms with Crippen LogP contribution < -0.4 is 0 Å². The van der Waals surface area contributed by atoms with Crippen LogP contribution in [0, 0.1) is 0 Å². The lowest BCUT2D eigenvalue weighted by atomic mass is 10.1. The maximum absolute atomic E-state index is 10.9. The van der Waals surface area contributed by atoms with Crippen molar-refractivity contribution in [2.45, 2.75) is 12.8 Å². The maximum atomic E-state index is 10.9. The lowest BCUT2D eigenvalue weighted by Gasteiger charge is -2.09. The van der Waals surface area contributed by atoms with Crippen molar-refractivity contribution < 1.29 is 14.6 Å². The summed E-state index contributed by atoms with van der Waals surface area (Å²) in [5.41, 5.74) is 4.03. The molecule has 3 heterocycles. The number of imidazole rings is 1. The number of hydrogen-bond acceptors (Lipinski definition) is 5. The number of fused-ring (bicyclic) bond motifs is 1. The zero-order valence-corrected chi connectivity index (χ0v) is 17.1. The molecule has 0 atom stereocenters. The number of rotatable bonds is 5. The van der Waals surface area contributed by atoms with Gasteiger partial charge >= 0.3 is 0 Å². The lowest BCUT2D eigenvalue weighted by Crippen LogP contribution is -2.01. The first-order valence-electron chi connectivity index (χ1n) is 9.73. The normalized spacial score (nSPS) is 11.3. The average molecular weight is 432 g/mol. The summed E-state index contributed by atoms with van der Waals surface area (Å²) in [7, 11) is 0. The van der Waals surface area contributed by atoms with Crippen molar-refractivity contribution >= 4 is 17.2 Å². The number of nitrogens with zero attached hydrogens (tertiary/aromatic N) is 3. The number of phenols is 1. The minimum Gasteiger partial charge on any atom is -0.508 e. The van der Waals surface area contributed by atoms with Crippen molar-refractivity contribution in [3.05, 3.63) is 101 Å². The van der Waals surface area contributed by atoms with Gasteiger partial charge in [-0.05, 0) is 35.9 Å². The Kier molecular flexibility index (Phi) is 4.84. The molecule has 0 unspecified atom stereocenters. The van der Waals surface area contributed by atoms with E-state index in [1.165, 1.54) is 6.07 Å². The second kappa shape index (κ2) is 7.81. The molecule has 0 aliphatic heterocycles. The molecule has 6 nitrogen and oxygen atoms in total. The molecule has 154 valence electrons. The van der Waals surface area contributed by atoms with Crippen LogP contribution in [-0.4, -0.2) is 24.6 Å². The number of aromatic hydroxyl groups is 2. The molecular weight excluding hydrogens is 414 g/mol. The molecule has 0 amide bonds. The fourth-order valence-electron chi connectivity index (χ4n) is 3.61. The molecule has 0 aliphatic carbocycles. The van der Waals surface area contributed by atoms with Crippen molar-refractivity contribution in [1.29, 1.82) is 0 Å². The molecule has 0 bridgehead atoms. The van der Waals surface area contributed by atoms with Crippen LogP contribution in [0.2, 0.25) is 5.02 Å². The summed E-state index contributed by atoms with van der Waals surface area (Å²) in [5.74, 6) is 0.772. The van der Waals surface area contributed by atoms with Crippen molar-refractivity contribution in [2.75, 3.05) is 0 Å². The van der Waals surface area contributed by atoms with E-state index in [2.05, 4.69) is 4.98 Å². The van der Waals surface area contributed by atoms with Gasteiger partial charge in [-0.15, -0.1) is 0 Å². The van der Waals surface area contributed by atoms with E-state index in [-0.39, 0.29) is 11.6 Å². The molecule has 0 saturated heterocycles. The van der Waals surface area contributed by atoms with Crippen molar-refractivity contribution in [3.8, 4) is 22.9 Å². The van der Waals surface area contributed by atoms with E-state index in [4.69, 9.17) is 21.0 Å². The first kappa shape index (κ1) is 19.2. The summed E-state index contributed by atoms with van der Waals surface area (Å²) < 4.78 is 7.04. The van der Waals surface area contributed by atoms with Crippen LogP contribution in [0.25, 0.3) is 16.9 Å². The molecule has 2 N–H and O–H groups in total. The Hall–Kier alpha value is -3.77. The van der Waals surface area contributed by atoms with Crippen molar-refractivity contribution in [2.24, 2.45) is 0 Å². The number of halogens is 1. The first-order valence-corrected chi connectivity index (χ1v) is 10.1. The predicted octanol–water partition coefficient (Wildman–Crippen LogP) is 5.24. The number of phenolic OH excluding ortho intramolecular Hbond substituents is 1. The minimum atomic E-state index is 0.0237. The predicted molar refractivity (Wildman–Crippen MR) is 118 cm³/mol. The van der Waals surface area contributed by atoms with E-state index in [9.17, 15) is 10.2 Å².